The lowest BCUT2D eigenvalue weighted by Crippen LogP contribution is -2.60. The van der Waals surface area contributed by atoms with Crippen molar-refractivity contribution >= 4 is 76.6 Å². The van der Waals surface area contributed by atoms with Gasteiger partial charge in [0.1, 0.15) is 18.7 Å². The van der Waals surface area contributed by atoms with Gasteiger partial charge in [-0.15, -0.1) is 0 Å². The van der Waals surface area contributed by atoms with Crippen LogP contribution in [-0.4, -0.2) is 176 Å². The van der Waals surface area contributed by atoms with Crippen LogP contribution in [0.25, 0.3) is 0 Å². The second-order valence-electron chi connectivity index (χ2n) is 23.5. The topological polar surface area (TPSA) is 312 Å². The zero-order valence-electron chi connectivity index (χ0n) is 50.1. The number of carbonyl (C=O) groups excluding carboxylic acids is 9. The van der Waals surface area contributed by atoms with E-state index in [4.69, 9.17) is 33.2 Å². The molecule has 464 valence electrons. The Bertz CT molecular complexity index is 3130. The smallest absolute Gasteiger partial charge is 0.416 e. The molecule has 2 unspecified atom stereocenters. The number of methoxy groups -OCH3 is 2. The van der Waals surface area contributed by atoms with Gasteiger partial charge in [-0.3, -0.25) is 48.2 Å². The standard InChI is InChI=1S/C60H77N9O17/c1-33(2)50(65-57(78)59(5,6)30-86-60(7,8)18-19-61-48(70)17-22-68-49(71)23-34(3)53(68)74)52(73)63-35(4)51(72)64-37-13-11-36(12-14-37)29-83-58(79)69-43-27-47(45(81-10)25-40(43)55(76)67-21-16-42(67)56(69)77)85-32-82-31-84-46-26-41-39(24-44(46)80-9)54(75)66-20-15-38(66)28-62-41/h11-14,24-28,33-35,38,42,50,56,77H,15-23,29-32H2,1-10H3,(H,61,70)(H,63,73)(H,64,72)(H,65,78)/t34?,35-,38-,42-,50-,56?/m0/s1. The summed E-state index contributed by atoms with van der Waals surface area (Å²) in [6, 6.07) is 9.51. The Labute approximate surface area is 498 Å². The highest BCUT2D eigenvalue weighted by atomic mass is 16.7. The van der Waals surface area contributed by atoms with Crippen LogP contribution in [0.3, 0.4) is 0 Å². The predicted molar refractivity (Wildman–Crippen MR) is 310 cm³/mol. The normalized spacial score (nSPS) is 19.5. The molecule has 8 rings (SSSR count). The van der Waals surface area contributed by atoms with Crippen molar-refractivity contribution in [1.82, 2.24) is 30.7 Å². The highest BCUT2D eigenvalue weighted by molar-refractivity contribution is 6.07. The van der Waals surface area contributed by atoms with Gasteiger partial charge in [-0.1, -0.05) is 32.9 Å². The maximum atomic E-state index is 14.1. The largest absolute Gasteiger partial charge is 0.493 e. The van der Waals surface area contributed by atoms with Gasteiger partial charge in [0.05, 0.1) is 66.4 Å². The number of aliphatic hydroxyl groups is 1. The Morgan fingerprint density at radius 1 is 0.802 bits per heavy atom. The molecule has 0 spiro atoms. The van der Waals surface area contributed by atoms with E-state index in [1.54, 1.807) is 82.1 Å². The molecule has 0 bridgehead atoms. The highest BCUT2D eigenvalue weighted by Gasteiger charge is 2.48. The summed E-state index contributed by atoms with van der Waals surface area (Å²) in [5, 5.41) is 22.7. The van der Waals surface area contributed by atoms with Crippen molar-refractivity contribution in [2.24, 2.45) is 22.2 Å². The van der Waals surface area contributed by atoms with Gasteiger partial charge in [0, 0.05) is 69.0 Å². The second-order valence-corrected chi connectivity index (χ2v) is 23.5. The third-order valence-corrected chi connectivity index (χ3v) is 15.8. The number of fused-ring (bicyclic) bond motifs is 4. The summed E-state index contributed by atoms with van der Waals surface area (Å²) in [6.45, 7) is 13.9. The minimum atomic E-state index is -1.50. The number of benzene rings is 3. The van der Waals surface area contributed by atoms with Crippen molar-refractivity contribution in [2.45, 2.75) is 130 Å². The molecule has 5 aliphatic heterocycles. The first kappa shape index (κ1) is 63.7. The quantitative estimate of drug-likeness (QED) is 0.0422. The Hall–Kier alpha value is -8.36. The second kappa shape index (κ2) is 26.9. The summed E-state index contributed by atoms with van der Waals surface area (Å²) in [6.07, 6.45) is 1.04. The Kier molecular flexibility index (Phi) is 19.9. The molecule has 3 saturated heterocycles. The number of aliphatic imine (C=N–C) groups is 1. The van der Waals surface area contributed by atoms with Gasteiger partial charge in [0.2, 0.25) is 35.4 Å². The molecule has 0 aromatic heterocycles. The fourth-order valence-electron chi connectivity index (χ4n) is 10.1. The van der Waals surface area contributed by atoms with Gasteiger partial charge in [0.25, 0.3) is 11.8 Å². The van der Waals surface area contributed by atoms with E-state index in [9.17, 15) is 48.3 Å². The monoisotopic (exact) mass is 1200 g/mol. The van der Waals surface area contributed by atoms with E-state index in [1.807, 2.05) is 13.8 Å². The molecule has 3 fully saturated rings. The molecule has 0 aliphatic carbocycles. The fourth-order valence-corrected chi connectivity index (χ4v) is 10.1. The number of nitrogens with one attached hydrogen (secondary N) is 4. The van der Waals surface area contributed by atoms with Gasteiger partial charge in [-0.05, 0) is 89.6 Å². The summed E-state index contributed by atoms with van der Waals surface area (Å²) in [7, 11) is 2.83. The summed E-state index contributed by atoms with van der Waals surface area (Å²) < 4.78 is 40.4. The number of hydrogen-bond donors (Lipinski definition) is 5. The number of aliphatic hydroxyl groups excluding tert-OH is 1. The van der Waals surface area contributed by atoms with Gasteiger partial charge in [-0.2, -0.15) is 0 Å². The molecule has 6 atom stereocenters. The molecule has 5 aliphatic rings. The summed E-state index contributed by atoms with van der Waals surface area (Å²) in [5.74, 6) is -3.03. The van der Waals surface area contributed by atoms with E-state index < -0.39 is 71.9 Å². The molecule has 0 radical (unpaired) electrons. The third kappa shape index (κ3) is 14.5. The maximum Gasteiger partial charge on any atom is 0.416 e. The number of ether oxygens (including phenoxy) is 7. The number of amides is 9. The maximum absolute atomic E-state index is 14.1. The first-order chi connectivity index (χ1) is 40.8. The molecule has 9 amide bonds. The molecule has 0 saturated carbocycles. The van der Waals surface area contributed by atoms with Crippen molar-refractivity contribution in [3.8, 4) is 23.0 Å². The van der Waals surface area contributed by atoms with Crippen LogP contribution in [0.15, 0.2) is 53.5 Å². The van der Waals surface area contributed by atoms with Gasteiger partial charge >= 0.3 is 6.09 Å². The van der Waals surface area contributed by atoms with Crippen molar-refractivity contribution in [3.63, 3.8) is 0 Å². The first-order valence-corrected chi connectivity index (χ1v) is 28.6. The van der Waals surface area contributed by atoms with Crippen LogP contribution in [-0.2, 0) is 49.6 Å². The van der Waals surface area contributed by atoms with Crippen molar-refractivity contribution in [3.05, 3.63) is 65.2 Å². The number of hydrogen-bond acceptors (Lipinski definition) is 18. The summed E-state index contributed by atoms with van der Waals surface area (Å²) >= 11 is 0. The Balaban J connectivity index is 0.804. The van der Waals surface area contributed by atoms with Crippen molar-refractivity contribution in [2.75, 3.05) is 70.8 Å². The molecule has 5 N–H and O–H groups in total. The SMILES string of the molecule is COc1cc2c(cc1OCOCOc1cc3c(cc1OC)C(=O)N1CC[C@H]1C(O)N3C(=O)OCc1ccc(NC(=O)[C@H](C)NC(=O)[C@@H](NC(=O)C(C)(C)COC(C)(C)CCNC(=O)CCN3C(=O)CC(C)C3=O)C(C)C)cc1)N=C[C@@H]1CCN1C2=O. The van der Waals surface area contributed by atoms with Crippen LogP contribution in [0.2, 0.25) is 0 Å². The van der Waals surface area contributed by atoms with Gasteiger partial charge in [0.15, 0.2) is 42.8 Å². The van der Waals surface area contributed by atoms with E-state index in [2.05, 4.69) is 26.3 Å². The molecular weight excluding hydrogens is 1120 g/mol. The number of rotatable bonds is 26. The van der Waals surface area contributed by atoms with E-state index in [1.165, 1.54) is 38.2 Å². The molecule has 3 aromatic rings. The van der Waals surface area contributed by atoms with Crippen LogP contribution < -0.4 is 45.1 Å². The minimum Gasteiger partial charge on any atom is -0.493 e. The molecule has 26 heteroatoms. The minimum absolute atomic E-state index is 0.00159. The van der Waals surface area contributed by atoms with E-state index in [0.717, 1.165) is 16.2 Å². The van der Waals surface area contributed by atoms with Crippen LogP contribution in [0.1, 0.15) is 114 Å². The van der Waals surface area contributed by atoms with Crippen molar-refractivity contribution < 1.29 is 81.4 Å². The molecule has 5 heterocycles. The molecule has 26 nitrogen and oxygen atoms in total. The molecule has 86 heavy (non-hydrogen) atoms. The average molecular weight is 1200 g/mol. The number of imide groups is 1. The van der Waals surface area contributed by atoms with Gasteiger partial charge in [-0.25, -0.2) is 9.69 Å². The lowest BCUT2D eigenvalue weighted by Gasteiger charge is -2.43. The zero-order chi connectivity index (χ0) is 62.4. The van der Waals surface area contributed by atoms with Crippen LogP contribution in [0, 0.1) is 17.3 Å². The number of carbonyl (C=O) groups is 9. The summed E-state index contributed by atoms with van der Waals surface area (Å²) in [4.78, 5) is 128. The lowest BCUT2D eigenvalue weighted by atomic mass is 9.91. The third-order valence-electron chi connectivity index (χ3n) is 15.8. The lowest BCUT2D eigenvalue weighted by molar-refractivity contribution is -0.141. The van der Waals surface area contributed by atoms with E-state index in [-0.39, 0.29) is 116 Å². The first-order valence-electron chi connectivity index (χ1n) is 28.6. The van der Waals surface area contributed by atoms with Gasteiger partial charge < -0.3 is 69.3 Å². The zero-order valence-corrected chi connectivity index (χ0v) is 50.1. The number of likely N-dealkylation sites (tertiary alicyclic amines) is 1. The van der Waals surface area contributed by atoms with E-state index in [0.29, 0.717) is 54.2 Å². The fraction of sp³-hybridized carbons (Fsp3) is 0.533. The molecule has 3 aromatic carbocycles. The van der Waals surface area contributed by atoms with Crippen LogP contribution in [0.5, 0.6) is 23.0 Å². The predicted octanol–water partition coefficient (Wildman–Crippen LogP) is 4.41. The number of nitrogens with zero attached hydrogens (tertiary/aromatic N) is 5. The summed E-state index contributed by atoms with van der Waals surface area (Å²) in [5.41, 5.74) is -0.124. The van der Waals surface area contributed by atoms with Crippen LogP contribution in [0.4, 0.5) is 21.9 Å². The average Bonchev–Trinajstić information content (AvgIpc) is 1.66. The van der Waals surface area contributed by atoms with E-state index >= 15 is 0 Å². The Morgan fingerprint density at radius 2 is 1.45 bits per heavy atom. The Morgan fingerprint density at radius 3 is 2.06 bits per heavy atom. The molecular formula is C60H77N9O17. The van der Waals surface area contributed by atoms with Crippen molar-refractivity contribution in [1.29, 1.82) is 0 Å². The highest BCUT2D eigenvalue weighted by Crippen LogP contribution is 2.43. The van der Waals surface area contributed by atoms with Crippen LogP contribution >= 0.6 is 0 Å². The number of anilines is 2.